The molecule has 1 rings (SSSR count). The van der Waals surface area contributed by atoms with Crippen molar-refractivity contribution in [3.8, 4) is 0 Å². The number of aryl methyl sites for hydroxylation is 1. The van der Waals surface area contributed by atoms with Gasteiger partial charge < -0.3 is 0 Å². The molecule has 0 amide bonds. The Balaban J connectivity index is 2.50. The lowest BCUT2D eigenvalue weighted by molar-refractivity contribution is 1.10. The average Bonchev–Trinajstić information content (AvgIpc) is 2.19. The van der Waals surface area contributed by atoms with Gasteiger partial charge in [0.15, 0.2) is 0 Å². The zero-order valence-electron chi connectivity index (χ0n) is 4.30. The summed E-state index contributed by atoms with van der Waals surface area (Å²) >= 11 is 6.93. The Bertz CT molecular complexity index is 138. The van der Waals surface area contributed by atoms with Gasteiger partial charge in [-0.1, -0.05) is 0 Å². The smallest absolute Gasteiger partial charge is 0.0554 e. The third kappa shape index (κ3) is 1.46. The number of rotatable bonds is 2. The van der Waals surface area contributed by atoms with E-state index in [1.807, 2.05) is 11.4 Å². The quantitative estimate of drug-likeness (QED) is 0.583. The Kier molecular flexibility index (Phi) is 2.30. The molecule has 0 radical (unpaired) electrons. The summed E-state index contributed by atoms with van der Waals surface area (Å²) < 4.78 is 4.06. The van der Waals surface area contributed by atoms with Crippen LogP contribution in [0.4, 0.5) is 0 Å². The SMILES string of the molecule is ClCCc1ccsn1. The minimum absolute atomic E-state index is 0.670. The minimum Gasteiger partial charge on any atom is -0.198 e. The van der Waals surface area contributed by atoms with Crippen LogP contribution >= 0.6 is 23.1 Å². The molecule has 1 heterocycles. The summed E-state index contributed by atoms with van der Waals surface area (Å²) in [5, 5.41) is 1.96. The number of hydrogen-bond acceptors (Lipinski definition) is 2. The van der Waals surface area contributed by atoms with Crippen LogP contribution in [0.1, 0.15) is 5.69 Å². The molecular formula is C5H6ClNS. The normalized spacial score (nSPS) is 9.62. The number of aromatic nitrogens is 1. The maximum atomic E-state index is 5.46. The van der Waals surface area contributed by atoms with Crippen LogP contribution in [0.25, 0.3) is 0 Å². The van der Waals surface area contributed by atoms with Gasteiger partial charge in [0.05, 0.1) is 5.69 Å². The van der Waals surface area contributed by atoms with Crippen LogP contribution in [-0.4, -0.2) is 10.3 Å². The number of nitrogens with zero attached hydrogens (tertiary/aromatic N) is 1. The third-order valence-corrected chi connectivity index (χ3v) is 1.63. The lowest BCUT2D eigenvalue weighted by Gasteiger charge is -1.82. The molecule has 1 aromatic heterocycles. The molecule has 0 atom stereocenters. The molecule has 0 aliphatic carbocycles. The second-order valence-corrected chi connectivity index (χ2v) is 2.47. The first kappa shape index (κ1) is 6.05. The molecule has 8 heavy (non-hydrogen) atoms. The second-order valence-electron chi connectivity index (χ2n) is 1.43. The highest BCUT2D eigenvalue weighted by Crippen LogP contribution is 2.00. The highest BCUT2D eigenvalue weighted by molar-refractivity contribution is 7.03. The Morgan fingerprint density at radius 3 is 3.12 bits per heavy atom. The molecule has 0 aliphatic rings. The van der Waals surface area contributed by atoms with Gasteiger partial charge in [-0.05, 0) is 17.6 Å². The van der Waals surface area contributed by atoms with Crippen LogP contribution in [0.5, 0.6) is 0 Å². The van der Waals surface area contributed by atoms with Crippen LogP contribution in [0, 0.1) is 0 Å². The van der Waals surface area contributed by atoms with Gasteiger partial charge in [-0.15, -0.1) is 11.6 Å². The van der Waals surface area contributed by atoms with Crippen molar-refractivity contribution in [1.29, 1.82) is 0 Å². The average molecular weight is 148 g/mol. The molecule has 0 spiro atoms. The van der Waals surface area contributed by atoms with Crippen LogP contribution in [0.15, 0.2) is 11.4 Å². The molecule has 44 valence electrons. The fourth-order valence-corrected chi connectivity index (χ4v) is 1.22. The molecule has 0 saturated heterocycles. The van der Waals surface area contributed by atoms with E-state index in [0.717, 1.165) is 12.1 Å². The summed E-state index contributed by atoms with van der Waals surface area (Å²) in [6.45, 7) is 0. The van der Waals surface area contributed by atoms with Crippen molar-refractivity contribution in [3.05, 3.63) is 17.1 Å². The summed E-state index contributed by atoms with van der Waals surface area (Å²) in [6.07, 6.45) is 0.894. The zero-order chi connectivity index (χ0) is 5.82. The first-order valence-corrected chi connectivity index (χ1v) is 3.76. The molecule has 0 fully saturated rings. The van der Waals surface area contributed by atoms with Gasteiger partial charge in [0, 0.05) is 17.7 Å². The van der Waals surface area contributed by atoms with Crippen molar-refractivity contribution in [2.24, 2.45) is 0 Å². The van der Waals surface area contributed by atoms with Crippen molar-refractivity contribution in [3.63, 3.8) is 0 Å². The molecule has 0 aromatic carbocycles. The van der Waals surface area contributed by atoms with Gasteiger partial charge in [0.2, 0.25) is 0 Å². The van der Waals surface area contributed by atoms with Gasteiger partial charge in [0.1, 0.15) is 0 Å². The van der Waals surface area contributed by atoms with E-state index in [4.69, 9.17) is 11.6 Å². The van der Waals surface area contributed by atoms with E-state index in [1.165, 1.54) is 11.5 Å². The first-order valence-electron chi connectivity index (χ1n) is 2.38. The van der Waals surface area contributed by atoms with Crippen LogP contribution in [0.2, 0.25) is 0 Å². The number of hydrogen-bond donors (Lipinski definition) is 0. The van der Waals surface area contributed by atoms with Gasteiger partial charge in [-0.2, -0.15) is 4.37 Å². The van der Waals surface area contributed by atoms with Crippen LogP contribution in [-0.2, 0) is 6.42 Å². The molecule has 1 nitrogen and oxygen atoms in total. The van der Waals surface area contributed by atoms with E-state index >= 15 is 0 Å². The zero-order valence-corrected chi connectivity index (χ0v) is 5.87. The summed E-state index contributed by atoms with van der Waals surface area (Å²) in [5.41, 5.74) is 1.10. The van der Waals surface area contributed by atoms with Crippen LogP contribution in [0.3, 0.4) is 0 Å². The second kappa shape index (κ2) is 3.05. The Morgan fingerprint density at radius 1 is 1.75 bits per heavy atom. The largest absolute Gasteiger partial charge is 0.198 e. The number of alkyl halides is 1. The molecule has 0 unspecified atom stereocenters. The van der Waals surface area contributed by atoms with Crippen LogP contribution < -0.4 is 0 Å². The molecule has 3 heteroatoms. The molecule has 0 N–H and O–H groups in total. The molecule has 1 aromatic rings. The minimum atomic E-state index is 0.670. The summed E-state index contributed by atoms with van der Waals surface area (Å²) in [7, 11) is 0. The maximum Gasteiger partial charge on any atom is 0.0554 e. The summed E-state index contributed by atoms with van der Waals surface area (Å²) in [4.78, 5) is 0. The third-order valence-electron chi connectivity index (χ3n) is 0.842. The monoisotopic (exact) mass is 147 g/mol. The Hall–Kier alpha value is -0.0800. The van der Waals surface area contributed by atoms with Crippen molar-refractivity contribution >= 4 is 23.1 Å². The molecular weight excluding hydrogens is 142 g/mol. The van der Waals surface area contributed by atoms with Crippen molar-refractivity contribution in [2.45, 2.75) is 6.42 Å². The Labute approximate surface area is 57.5 Å². The van der Waals surface area contributed by atoms with E-state index in [-0.39, 0.29) is 0 Å². The van der Waals surface area contributed by atoms with Crippen molar-refractivity contribution < 1.29 is 0 Å². The standard InChI is InChI=1S/C5H6ClNS/c6-3-1-5-2-4-8-7-5/h2,4H,1,3H2. The lowest BCUT2D eigenvalue weighted by atomic mass is 10.3. The Morgan fingerprint density at radius 2 is 2.62 bits per heavy atom. The molecule has 0 bridgehead atoms. The van der Waals surface area contributed by atoms with E-state index < -0.39 is 0 Å². The topological polar surface area (TPSA) is 12.9 Å². The van der Waals surface area contributed by atoms with Gasteiger partial charge in [0.25, 0.3) is 0 Å². The van der Waals surface area contributed by atoms with E-state index in [1.54, 1.807) is 0 Å². The molecule has 0 saturated carbocycles. The fraction of sp³-hybridized carbons (Fsp3) is 0.400. The fourth-order valence-electron chi connectivity index (χ4n) is 0.463. The van der Waals surface area contributed by atoms with Gasteiger partial charge in [-0.25, -0.2) is 0 Å². The lowest BCUT2D eigenvalue weighted by Crippen LogP contribution is -1.82. The summed E-state index contributed by atoms with van der Waals surface area (Å²) in [6, 6.07) is 1.99. The van der Waals surface area contributed by atoms with Gasteiger partial charge >= 0.3 is 0 Å². The van der Waals surface area contributed by atoms with E-state index in [9.17, 15) is 0 Å². The van der Waals surface area contributed by atoms with Crippen molar-refractivity contribution in [2.75, 3.05) is 5.88 Å². The van der Waals surface area contributed by atoms with Gasteiger partial charge in [-0.3, -0.25) is 0 Å². The first-order chi connectivity index (χ1) is 3.93. The summed E-state index contributed by atoms with van der Waals surface area (Å²) in [5.74, 6) is 0.670. The predicted octanol–water partition coefficient (Wildman–Crippen LogP) is 1.92. The molecule has 0 aliphatic heterocycles. The van der Waals surface area contributed by atoms with Crippen molar-refractivity contribution in [1.82, 2.24) is 4.37 Å². The highest BCUT2D eigenvalue weighted by Gasteiger charge is 1.89. The predicted molar refractivity (Wildman–Crippen MR) is 36.5 cm³/mol. The number of halogens is 1. The van der Waals surface area contributed by atoms with E-state index in [2.05, 4.69) is 4.37 Å². The maximum absolute atomic E-state index is 5.46. The van der Waals surface area contributed by atoms with E-state index in [0.29, 0.717) is 5.88 Å². The highest BCUT2D eigenvalue weighted by atomic mass is 35.5.